The highest BCUT2D eigenvalue weighted by molar-refractivity contribution is 5.09. The van der Waals surface area contributed by atoms with Crippen LogP contribution in [-0.4, -0.2) is 36.7 Å². The van der Waals surface area contributed by atoms with Gasteiger partial charge in [0.1, 0.15) is 5.76 Å². The van der Waals surface area contributed by atoms with Crippen LogP contribution in [0.25, 0.3) is 0 Å². The van der Waals surface area contributed by atoms with Crippen molar-refractivity contribution in [2.24, 2.45) is 5.73 Å². The summed E-state index contributed by atoms with van der Waals surface area (Å²) in [7, 11) is 0. The summed E-state index contributed by atoms with van der Waals surface area (Å²) in [6.07, 6.45) is 2.15. The van der Waals surface area contributed by atoms with Gasteiger partial charge in [-0.3, -0.25) is 4.90 Å². The molecule has 2 N–H and O–H groups in total. The highest BCUT2D eigenvalue weighted by Crippen LogP contribution is 2.27. The predicted octanol–water partition coefficient (Wildman–Crippen LogP) is 1.28. The fourth-order valence-corrected chi connectivity index (χ4v) is 2.34. The fraction of sp³-hybridized carbons (Fsp3) is 0.615. The number of nitrogens with two attached hydrogens (primary N) is 1. The maximum atomic E-state index is 8.96. The molecule has 18 heavy (non-hydrogen) atoms. The Morgan fingerprint density at radius 2 is 2.50 bits per heavy atom. The zero-order chi connectivity index (χ0) is 13.0. The number of ether oxygens (including phenoxy) is 1. The fourth-order valence-electron chi connectivity index (χ4n) is 2.34. The van der Waals surface area contributed by atoms with Crippen LogP contribution < -0.4 is 5.73 Å². The van der Waals surface area contributed by atoms with E-state index in [1.54, 1.807) is 6.26 Å². The Bertz CT molecular complexity index is 399. The zero-order valence-electron chi connectivity index (χ0n) is 10.6. The lowest BCUT2D eigenvalue weighted by molar-refractivity contribution is -0.0260. The third-order valence-electron chi connectivity index (χ3n) is 3.35. The summed E-state index contributed by atoms with van der Waals surface area (Å²) in [5.74, 6) is 0.864. The largest absolute Gasteiger partial charge is 0.468 e. The Morgan fingerprint density at radius 3 is 3.11 bits per heavy atom. The molecular formula is C13H19N3O2. The molecule has 5 nitrogen and oxygen atoms in total. The highest BCUT2D eigenvalue weighted by atomic mass is 16.5. The smallest absolute Gasteiger partial charge is 0.156 e. The van der Waals surface area contributed by atoms with Crippen molar-refractivity contribution in [3.8, 4) is 6.07 Å². The first-order chi connectivity index (χ1) is 8.76. The number of furan rings is 1. The molecule has 1 aromatic heterocycles. The summed E-state index contributed by atoms with van der Waals surface area (Å²) < 4.78 is 10.9. The molecule has 0 aromatic carbocycles. The van der Waals surface area contributed by atoms with E-state index in [9.17, 15) is 0 Å². The molecule has 5 heteroatoms. The Morgan fingerprint density at radius 1 is 1.67 bits per heavy atom. The zero-order valence-corrected chi connectivity index (χ0v) is 10.6. The highest BCUT2D eigenvalue weighted by Gasteiger charge is 2.32. The first-order valence-electron chi connectivity index (χ1n) is 6.30. The molecule has 0 aliphatic carbocycles. The van der Waals surface area contributed by atoms with Crippen molar-refractivity contribution in [1.29, 1.82) is 5.26 Å². The average molecular weight is 249 g/mol. The summed E-state index contributed by atoms with van der Waals surface area (Å²) in [5.41, 5.74) is 6.20. The van der Waals surface area contributed by atoms with Crippen LogP contribution >= 0.6 is 0 Å². The van der Waals surface area contributed by atoms with Crippen LogP contribution in [0.2, 0.25) is 0 Å². The second-order valence-corrected chi connectivity index (χ2v) is 4.52. The minimum absolute atomic E-state index is 0.00593. The summed E-state index contributed by atoms with van der Waals surface area (Å²) in [6.45, 7) is 3.97. The van der Waals surface area contributed by atoms with Crippen LogP contribution in [0, 0.1) is 11.3 Å². The summed E-state index contributed by atoms with van der Waals surface area (Å²) in [4.78, 5) is 2.18. The Balaban J connectivity index is 2.16. The minimum Gasteiger partial charge on any atom is -0.468 e. The normalized spacial score (nSPS) is 24.4. The van der Waals surface area contributed by atoms with E-state index in [4.69, 9.17) is 20.1 Å². The molecular weight excluding hydrogens is 230 g/mol. The number of morpholine rings is 1. The van der Waals surface area contributed by atoms with Crippen LogP contribution in [0.1, 0.15) is 25.1 Å². The van der Waals surface area contributed by atoms with E-state index in [0.29, 0.717) is 13.2 Å². The summed E-state index contributed by atoms with van der Waals surface area (Å²) >= 11 is 0. The van der Waals surface area contributed by atoms with Crippen LogP contribution in [0.4, 0.5) is 0 Å². The van der Waals surface area contributed by atoms with E-state index in [-0.39, 0.29) is 18.2 Å². The summed E-state index contributed by atoms with van der Waals surface area (Å²) in [5, 5.41) is 8.96. The molecule has 2 heterocycles. The SMILES string of the molecule is CCC(N)C(c1ccco1)N1CCOC(C#N)C1. The molecule has 0 saturated carbocycles. The van der Waals surface area contributed by atoms with Crippen LogP contribution in [0.5, 0.6) is 0 Å². The maximum absolute atomic E-state index is 8.96. The molecule has 1 fully saturated rings. The molecule has 1 aliphatic rings. The second-order valence-electron chi connectivity index (χ2n) is 4.52. The monoisotopic (exact) mass is 249 g/mol. The molecule has 1 saturated heterocycles. The molecule has 1 aromatic rings. The number of rotatable bonds is 4. The molecule has 0 amide bonds. The topological polar surface area (TPSA) is 75.4 Å². The lowest BCUT2D eigenvalue weighted by Gasteiger charge is -2.37. The van der Waals surface area contributed by atoms with E-state index >= 15 is 0 Å². The van der Waals surface area contributed by atoms with Crippen molar-refractivity contribution >= 4 is 0 Å². The Labute approximate surface area is 107 Å². The molecule has 1 aliphatic heterocycles. The molecule has 3 unspecified atom stereocenters. The molecule has 2 rings (SSSR count). The van der Waals surface area contributed by atoms with Gasteiger partial charge in [0, 0.05) is 19.1 Å². The first-order valence-corrected chi connectivity index (χ1v) is 6.30. The van der Waals surface area contributed by atoms with Gasteiger partial charge in [-0.15, -0.1) is 0 Å². The van der Waals surface area contributed by atoms with Crippen molar-refractivity contribution in [3.63, 3.8) is 0 Å². The second kappa shape index (κ2) is 6.01. The van der Waals surface area contributed by atoms with Gasteiger partial charge in [-0.25, -0.2) is 0 Å². The van der Waals surface area contributed by atoms with Gasteiger partial charge in [0.15, 0.2) is 6.10 Å². The van der Waals surface area contributed by atoms with E-state index in [0.717, 1.165) is 18.7 Å². The van der Waals surface area contributed by atoms with Crippen molar-refractivity contribution in [3.05, 3.63) is 24.2 Å². The van der Waals surface area contributed by atoms with E-state index in [2.05, 4.69) is 17.9 Å². The van der Waals surface area contributed by atoms with Crippen molar-refractivity contribution in [1.82, 2.24) is 4.90 Å². The van der Waals surface area contributed by atoms with Crippen molar-refractivity contribution in [2.75, 3.05) is 19.7 Å². The molecule has 0 bridgehead atoms. The average Bonchev–Trinajstić information content (AvgIpc) is 2.93. The van der Waals surface area contributed by atoms with Crippen molar-refractivity contribution in [2.45, 2.75) is 31.5 Å². The van der Waals surface area contributed by atoms with E-state index < -0.39 is 0 Å². The van der Waals surface area contributed by atoms with Crippen LogP contribution in [0.3, 0.4) is 0 Å². The molecule has 98 valence electrons. The van der Waals surface area contributed by atoms with Gasteiger partial charge in [0.2, 0.25) is 0 Å². The third kappa shape index (κ3) is 2.72. The first kappa shape index (κ1) is 13.1. The van der Waals surface area contributed by atoms with Gasteiger partial charge >= 0.3 is 0 Å². The van der Waals surface area contributed by atoms with Crippen molar-refractivity contribution < 1.29 is 9.15 Å². The van der Waals surface area contributed by atoms with Gasteiger partial charge in [0.25, 0.3) is 0 Å². The number of hydrogen-bond acceptors (Lipinski definition) is 5. The Kier molecular flexibility index (Phi) is 4.37. The lowest BCUT2D eigenvalue weighted by atomic mass is 10.0. The van der Waals surface area contributed by atoms with Crippen LogP contribution in [0.15, 0.2) is 22.8 Å². The van der Waals surface area contributed by atoms with Gasteiger partial charge in [-0.1, -0.05) is 6.92 Å². The molecule has 0 radical (unpaired) electrons. The summed E-state index contributed by atoms with van der Waals surface area (Å²) in [6, 6.07) is 5.98. The minimum atomic E-state index is -0.375. The van der Waals surface area contributed by atoms with Gasteiger partial charge in [0.05, 0.1) is 25.0 Å². The standard InChI is InChI=1S/C13H19N3O2/c1-2-11(15)13(12-4-3-6-18-12)16-5-7-17-10(8-14)9-16/h3-4,6,10-11,13H,2,5,7,9,15H2,1H3. The number of nitrogens with zero attached hydrogens (tertiary/aromatic N) is 2. The maximum Gasteiger partial charge on any atom is 0.156 e. The van der Waals surface area contributed by atoms with Crippen LogP contribution in [-0.2, 0) is 4.74 Å². The number of hydrogen-bond donors (Lipinski definition) is 1. The quantitative estimate of drug-likeness (QED) is 0.870. The predicted molar refractivity (Wildman–Crippen MR) is 66.6 cm³/mol. The third-order valence-corrected chi connectivity index (χ3v) is 3.35. The number of nitriles is 1. The van der Waals surface area contributed by atoms with E-state index in [1.807, 2.05) is 12.1 Å². The lowest BCUT2D eigenvalue weighted by Crippen LogP contribution is -2.48. The van der Waals surface area contributed by atoms with Gasteiger partial charge < -0.3 is 14.9 Å². The molecule has 0 spiro atoms. The van der Waals surface area contributed by atoms with E-state index in [1.165, 1.54) is 0 Å². The van der Waals surface area contributed by atoms with Gasteiger partial charge in [-0.05, 0) is 18.6 Å². The Hall–Kier alpha value is -1.35. The van der Waals surface area contributed by atoms with Gasteiger partial charge in [-0.2, -0.15) is 5.26 Å². The molecule has 3 atom stereocenters.